The molecule has 0 radical (unpaired) electrons. The molecule has 144 valence electrons. The van der Waals surface area contributed by atoms with E-state index in [2.05, 4.69) is 10.4 Å². The van der Waals surface area contributed by atoms with Crippen LogP contribution in [0.1, 0.15) is 22.8 Å². The summed E-state index contributed by atoms with van der Waals surface area (Å²) in [5, 5.41) is 7.15. The van der Waals surface area contributed by atoms with Gasteiger partial charge in [-0.25, -0.2) is 9.07 Å². The zero-order valence-corrected chi connectivity index (χ0v) is 16.2. The maximum Gasteiger partial charge on any atom is 0.230 e. The van der Waals surface area contributed by atoms with Crippen LogP contribution in [-0.2, 0) is 11.2 Å². The maximum atomic E-state index is 14.0. The number of nitrogens with zero attached hydrogens (tertiary/aromatic N) is 2. The Hall–Kier alpha value is -2.93. The van der Waals surface area contributed by atoms with Crippen LogP contribution >= 0.6 is 11.8 Å². The summed E-state index contributed by atoms with van der Waals surface area (Å²) in [7, 11) is 0. The smallest absolute Gasteiger partial charge is 0.230 e. The topological polar surface area (TPSA) is 64.0 Å². The van der Waals surface area contributed by atoms with Crippen molar-refractivity contribution in [1.29, 1.82) is 0 Å². The molecule has 1 heterocycles. The third-order valence-electron chi connectivity index (χ3n) is 4.09. The van der Waals surface area contributed by atoms with Crippen LogP contribution in [0, 0.1) is 5.82 Å². The Bertz CT molecular complexity index is 973. The zero-order valence-electron chi connectivity index (χ0n) is 15.4. The molecule has 3 aromatic rings. The minimum absolute atomic E-state index is 0.111. The maximum absolute atomic E-state index is 14.0. The molecule has 1 N–H and O–H groups in total. The van der Waals surface area contributed by atoms with Gasteiger partial charge in [-0.15, -0.1) is 11.8 Å². The number of thioether (sulfide) groups is 1. The molecule has 0 aliphatic heterocycles. The molecule has 0 aliphatic carbocycles. The van der Waals surface area contributed by atoms with E-state index in [0.717, 1.165) is 23.0 Å². The van der Waals surface area contributed by atoms with Crippen LogP contribution in [0.2, 0.25) is 0 Å². The molecule has 0 saturated carbocycles. The van der Waals surface area contributed by atoms with E-state index in [1.165, 1.54) is 19.1 Å². The fraction of sp³-hybridized carbons (Fsp3) is 0.190. The number of para-hydroxylation sites is 1. The lowest BCUT2D eigenvalue weighted by molar-refractivity contribution is -0.118. The van der Waals surface area contributed by atoms with Gasteiger partial charge in [-0.05, 0) is 43.2 Å². The Morgan fingerprint density at radius 1 is 1.18 bits per heavy atom. The quantitative estimate of drug-likeness (QED) is 0.465. The monoisotopic (exact) mass is 397 g/mol. The number of benzene rings is 2. The van der Waals surface area contributed by atoms with Gasteiger partial charge in [-0.2, -0.15) is 5.10 Å². The predicted molar refractivity (Wildman–Crippen MR) is 107 cm³/mol. The van der Waals surface area contributed by atoms with Crippen molar-refractivity contribution in [2.75, 3.05) is 12.3 Å². The van der Waals surface area contributed by atoms with E-state index in [9.17, 15) is 14.0 Å². The van der Waals surface area contributed by atoms with E-state index in [0.29, 0.717) is 23.4 Å². The lowest BCUT2D eigenvalue weighted by Gasteiger charge is -2.06. The molecule has 0 fully saturated rings. The second-order valence-electron chi connectivity index (χ2n) is 6.22. The molecule has 1 amide bonds. The van der Waals surface area contributed by atoms with Gasteiger partial charge in [0.1, 0.15) is 5.82 Å². The number of hydrogen-bond donors (Lipinski definition) is 1. The van der Waals surface area contributed by atoms with E-state index in [4.69, 9.17) is 0 Å². The molecule has 0 unspecified atom stereocenters. The molecule has 0 spiro atoms. The lowest BCUT2D eigenvalue weighted by atomic mass is 10.1. The second kappa shape index (κ2) is 9.32. The number of aromatic nitrogens is 2. The Morgan fingerprint density at radius 2 is 1.96 bits per heavy atom. The summed E-state index contributed by atoms with van der Waals surface area (Å²) < 4.78 is 15.8. The van der Waals surface area contributed by atoms with Crippen molar-refractivity contribution < 1.29 is 14.0 Å². The average molecular weight is 397 g/mol. The number of rotatable bonds is 8. The van der Waals surface area contributed by atoms with Gasteiger partial charge in [0.2, 0.25) is 5.91 Å². The predicted octanol–water partition coefficient (Wildman–Crippen LogP) is 3.67. The Morgan fingerprint density at radius 3 is 2.68 bits per heavy atom. The molecule has 3 rings (SSSR count). The van der Waals surface area contributed by atoms with Crippen molar-refractivity contribution >= 4 is 23.5 Å². The molecule has 2 aromatic carbocycles. The van der Waals surface area contributed by atoms with Crippen molar-refractivity contribution in [3.8, 4) is 5.69 Å². The number of amides is 1. The first-order valence-corrected chi connectivity index (χ1v) is 9.80. The Labute approximate surface area is 167 Å². The minimum atomic E-state index is -0.487. The van der Waals surface area contributed by atoms with Gasteiger partial charge in [-0.3, -0.25) is 9.59 Å². The summed E-state index contributed by atoms with van der Waals surface area (Å²) in [6.45, 7) is 1.87. The molecule has 1 aromatic heterocycles. The first-order valence-electron chi connectivity index (χ1n) is 8.82. The standard InChI is InChI=1S/C21H20FN3O2S/c1-15(26)17-7-8-20(19(22)11-17)28-14-21(27)23-10-9-16-12-24-25(13-16)18-5-3-2-4-6-18/h2-8,11-13H,9-10,14H2,1H3,(H,23,27). The van der Waals surface area contributed by atoms with Crippen molar-refractivity contribution in [3.63, 3.8) is 0 Å². The van der Waals surface area contributed by atoms with Crippen LogP contribution in [0.5, 0.6) is 0 Å². The molecule has 7 heteroatoms. The van der Waals surface area contributed by atoms with Crippen molar-refractivity contribution in [2.24, 2.45) is 0 Å². The van der Waals surface area contributed by atoms with Crippen LogP contribution in [0.4, 0.5) is 4.39 Å². The third-order valence-corrected chi connectivity index (χ3v) is 5.14. The summed E-state index contributed by atoms with van der Waals surface area (Å²) in [4.78, 5) is 23.6. The van der Waals surface area contributed by atoms with Gasteiger partial charge >= 0.3 is 0 Å². The van der Waals surface area contributed by atoms with E-state index in [1.807, 2.05) is 36.5 Å². The van der Waals surface area contributed by atoms with Gasteiger partial charge in [0.25, 0.3) is 0 Å². The number of carbonyl (C=O) groups is 2. The molecule has 5 nitrogen and oxygen atoms in total. The van der Waals surface area contributed by atoms with Crippen LogP contribution in [0.3, 0.4) is 0 Å². The van der Waals surface area contributed by atoms with Crippen molar-refractivity contribution in [1.82, 2.24) is 15.1 Å². The highest BCUT2D eigenvalue weighted by Crippen LogP contribution is 2.22. The van der Waals surface area contributed by atoms with E-state index in [1.54, 1.807) is 16.9 Å². The van der Waals surface area contributed by atoms with Gasteiger partial charge in [0, 0.05) is 23.2 Å². The summed E-state index contributed by atoms with van der Waals surface area (Å²) in [6, 6.07) is 14.1. The van der Waals surface area contributed by atoms with Crippen LogP contribution < -0.4 is 5.32 Å². The number of nitrogens with one attached hydrogen (secondary N) is 1. The molecule has 28 heavy (non-hydrogen) atoms. The zero-order chi connectivity index (χ0) is 19.9. The largest absolute Gasteiger partial charge is 0.355 e. The van der Waals surface area contributed by atoms with E-state index in [-0.39, 0.29) is 17.4 Å². The summed E-state index contributed by atoms with van der Waals surface area (Å²) >= 11 is 1.11. The van der Waals surface area contributed by atoms with Crippen molar-refractivity contribution in [3.05, 3.63) is 77.9 Å². The molecule has 0 aliphatic rings. The van der Waals surface area contributed by atoms with Gasteiger partial charge in [0.05, 0.1) is 17.6 Å². The highest BCUT2D eigenvalue weighted by Gasteiger charge is 2.09. The van der Waals surface area contributed by atoms with E-state index < -0.39 is 5.82 Å². The second-order valence-corrected chi connectivity index (χ2v) is 7.24. The number of ketones is 1. The van der Waals surface area contributed by atoms with Gasteiger partial charge < -0.3 is 5.32 Å². The fourth-order valence-electron chi connectivity index (χ4n) is 2.59. The number of carbonyl (C=O) groups excluding carboxylic acids is 2. The molecule has 0 bridgehead atoms. The molecular formula is C21H20FN3O2S. The average Bonchev–Trinajstić information content (AvgIpc) is 3.16. The number of hydrogen-bond acceptors (Lipinski definition) is 4. The summed E-state index contributed by atoms with van der Waals surface area (Å²) in [5.41, 5.74) is 2.32. The first kappa shape index (κ1) is 19.8. The van der Waals surface area contributed by atoms with Crippen molar-refractivity contribution in [2.45, 2.75) is 18.2 Å². The van der Waals surface area contributed by atoms with Crippen LogP contribution in [0.15, 0.2) is 65.8 Å². The SMILES string of the molecule is CC(=O)c1ccc(SCC(=O)NCCc2cnn(-c3ccccc3)c2)c(F)c1. The number of Topliss-reactive ketones (excluding diaryl/α,β-unsaturated/α-hetero) is 1. The van der Waals surface area contributed by atoms with E-state index >= 15 is 0 Å². The fourth-order valence-corrected chi connectivity index (χ4v) is 3.34. The normalized spacial score (nSPS) is 10.6. The Kier molecular flexibility index (Phi) is 6.60. The molecular weight excluding hydrogens is 377 g/mol. The van der Waals surface area contributed by atoms with Crippen LogP contribution in [-0.4, -0.2) is 33.8 Å². The Balaban J connectivity index is 1.44. The summed E-state index contributed by atoms with van der Waals surface area (Å²) in [5.74, 6) is -0.738. The first-order chi connectivity index (χ1) is 13.5. The summed E-state index contributed by atoms with van der Waals surface area (Å²) in [6.07, 6.45) is 4.37. The van der Waals surface area contributed by atoms with Crippen LogP contribution in [0.25, 0.3) is 5.69 Å². The molecule has 0 saturated heterocycles. The lowest BCUT2D eigenvalue weighted by Crippen LogP contribution is -2.27. The highest BCUT2D eigenvalue weighted by molar-refractivity contribution is 8.00. The minimum Gasteiger partial charge on any atom is -0.355 e. The number of halogens is 1. The highest BCUT2D eigenvalue weighted by atomic mass is 32.2. The molecule has 0 atom stereocenters. The third kappa shape index (κ3) is 5.29. The van der Waals surface area contributed by atoms with Gasteiger partial charge in [0.15, 0.2) is 5.78 Å². The van der Waals surface area contributed by atoms with Gasteiger partial charge in [-0.1, -0.05) is 24.3 Å².